The van der Waals surface area contributed by atoms with Crippen molar-refractivity contribution < 1.29 is 4.79 Å². The van der Waals surface area contributed by atoms with Crippen LogP contribution in [0.15, 0.2) is 0 Å². The summed E-state index contributed by atoms with van der Waals surface area (Å²) in [7, 11) is 0. The third-order valence-corrected chi connectivity index (χ3v) is 2.52. The zero-order valence-corrected chi connectivity index (χ0v) is 8.63. The van der Waals surface area contributed by atoms with Gasteiger partial charge in [-0.1, -0.05) is 0 Å². The lowest BCUT2D eigenvalue weighted by Crippen LogP contribution is -2.63. The molecule has 4 heteroatoms. The Labute approximate surface area is 79.5 Å². The lowest BCUT2D eigenvalue weighted by atomic mass is 9.98. The largest absolute Gasteiger partial charge is 0.353 e. The van der Waals surface area contributed by atoms with Gasteiger partial charge in [-0.2, -0.15) is 0 Å². The molecule has 1 unspecified atom stereocenters. The third-order valence-electron chi connectivity index (χ3n) is 2.52. The van der Waals surface area contributed by atoms with Crippen LogP contribution in [0.3, 0.4) is 0 Å². The van der Waals surface area contributed by atoms with E-state index in [1.807, 2.05) is 20.8 Å². The van der Waals surface area contributed by atoms with Crippen LogP contribution >= 0.6 is 0 Å². The maximum atomic E-state index is 11.5. The van der Waals surface area contributed by atoms with Crippen molar-refractivity contribution in [3.63, 3.8) is 0 Å². The van der Waals surface area contributed by atoms with Gasteiger partial charge in [-0.05, 0) is 20.8 Å². The van der Waals surface area contributed by atoms with Gasteiger partial charge in [0.15, 0.2) is 0 Å². The van der Waals surface area contributed by atoms with E-state index in [4.69, 9.17) is 5.73 Å². The van der Waals surface area contributed by atoms with E-state index in [0.717, 1.165) is 19.6 Å². The van der Waals surface area contributed by atoms with Crippen LogP contribution in [-0.2, 0) is 4.79 Å². The number of nitrogens with two attached hydrogens (primary N) is 1. The summed E-state index contributed by atoms with van der Waals surface area (Å²) in [5.41, 5.74) is 5.31. The molecule has 0 radical (unpaired) electrons. The predicted octanol–water partition coefficient (Wildman–Crippen LogP) is -0.456. The summed E-state index contributed by atoms with van der Waals surface area (Å²) in [4.78, 5) is 13.6. The topological polar surface area (TPSA) is 58.4 Å². The fourth-order valence-electron chi connectivity index (χ4n) is 1.61. The average molecular weight is 185 g/mol. The number of nitrogens with zero attached hydrogens (tertiary/aromatic N) is 1. The minimum absolute atomic E-state index is 0.0967. The van der Waals surface area contributed by atoms with Crippen molar-refractivity contribution in [2.75, 3.05) is 19.6 Å². The zero-order valence-electron chi connectivity index (χ0n) is 8.63. The molecule has 1 rings (SSSR count). The molecule has 3 N–H and O–H groups in total. The fraction of sp³-hybridized carbons (Fsp3) is 0.889. The molecule has 1 heterocycles. The number of carbonyl (C=O) groups excluding carboxylic acids is 1. The highest BCUT2D eigenvalue weighted by molar-refractivity contribution is 5.86. The van der Waals surface area contributed by atoms with Crippen LogP contribution in [0, 0.1) is 0 Å². The summed E-state index contributed by atoms with van der Waals surface area (Å²) < 4.78 is 0. The molecular formula is C9H19N3O. The van der Waals surface area contributed by atoms with Crippen molar-refractivity contribution in [3.05, 3.63) is 0 Å². The molecule has 0 bridgehead atoms. The molecule has 1 aliphatic rings. The van der Waals surface area contributed by atoms with Crippen molar-refractivity contribution in [1.29, 1.82) is 0 Å². The normalized spacial score (nSPS) is 25.4. The summed E-state index contributed by atoms with van der Waals surface area (Å²) in [6.07, 6.45) is 0. The van der Waals surface area contributed by atoms with Crippen LogP contribution < -0.4 is 11.1 Å². The Hall–Kier alpha value is -0.610. The SMILES string of the molecule is CC(N)CN1CCNC(=O)C1(C)C. The van der Waals surface area contributed by atoms with Gasteiger partial charge >= 0.3 is 0 Å². The molecule has 0 spiro atoms. The number of hydrogen-bond acceptors (Lipinski definition) is 3. The molecule has 13 heavy (non-hydrogen) atoms. The highest BCUT2D eigenvalue weighted by Gasteiger charge is 2.37. The predicted molar refractivity (Wildman–Crippen MR) is 52.3 cm³/mol. The van der Waals surface area contributed by atoms with E-state index in [-0.39, 0.29) is 11.9 Å². The van der Waals surface area contributed by atoms with Gasteiger partial charge in [0.1, 0.15) is 0 Å². The first-order chi connectivity index (χ1) is 5.94. The van der Waals surface area contributed by atoms with E-state index in [1.54, 1.807) is 0 Å². The van der Waals surface area contributed by atoms with E-state index in [0.29, 0.717) is 0 Å². The molecule has 1 saturated heterocycles. The first-order valence-corrected chi connectivity index (χ1v) is 4.73. The van der Waals surface area contributed by atoms with Gasteiger partial charge < -0.3 is 11.1 Å². The second-order valence-electron chi connectivity index (χ2n) is 4.24. The number of amides is 1. The summed E-state index contributed by atoms with van der Waals surface area (Å²) in [6.45, 7) is 8.23. The first-order valence-electron chi connectivity index (χ1n) is 4.73. The summed E-state index contributed by atoms with van der Waals surface area (Å²) in [5.74, 6) is 0.0967. The number of nitrogens with one attached hydrogen (secondary N) is 1. The molecule has 0 aromatic heterocycles. The maximum absolute atomic E-state index is 11.5. The fourth-order valence-corrected chi connectivity index (χ4v) is 1.61. The van der Waals surface area contributed by atoms with Crippen molar-refractivity contribution in [3.8, 4) is 0 Å². The molecule has 0 aromatic carbocycles. The van der Waals surface area contributed by atoms with Crippen molar-refractivity contribution in [2.24, 2.45) is 5.73 Å². The second kappa shape index (κ2) is 3.64. The van der Waals surface area contributed by atoms with Crippen LogP contribution in [0.4, 0.5) is 0 Å². The molecular weight excluding hydrogens is 166 g/mol. The summed E-state index contributed by atoms with van der Waals surface area (Å²) in [5, 5.41) is 2.85. The van der Waals surface area contributed by atoms with E-state index >= 15 is 0 Å². The third kappa shape index (κ3) is 2.19. The number of hydrogen-bond donors (Lipinski definition) is 2. The molecule has 0 aromatic rings. The molecule has 0 saturated carbocycles. The molecule has 4 nitrogen and oxygen atoms in total. The van der Waals surface area contributed by atoms with Gasteiger partial charge in [0.25, 0.3) is 0 Å². The molecule has 76 valence electrons. The Morgan fingerprint density at radius 2 is 2.31 bits per heavy atom. The molecule has 1 fully saturated rings. The van der Waals surface area contributed by atoms with Crippen molar-refractivity contribution >= 4 is 5.91 Å². The minimum atomic E-state index is -0.411. The quantitative estimate of drug-likeness (QED) is 0.612. The lowest BCUT2D eigenvalue weighted by Gasteiger charge is -2.41. The van der Waals surface area contributed by atoms with Gasteiger partial charge in [0.2, 0.25) is 5.91 Å². The average Bonchev–Trinajstić information content (AvgIpc) is 1.99. The van der Waals surface area contributed by atoms with E-state index < -0.39 is 5.54 Å². The first kappa shape index (κ1) is 10.5. The highest BCUT2D eigenvalue weighted by Crippen LogP contribution is 2.17. The van der Waals surface area contributed by atoms with Gasteiger partial charge in [0.05, 0.1) is 5.54 Å². The monoisotopic (exact) mass is 185 g/mol. The second-order valence-corrected chi connectivity index (χ2v) is 4.24. The molecule has 0 aliphatic carbocycles. The number of piperazine rings is 1. The van der Waals surface area contributed by atoms with Gasteiger partial charge in [-0.25, -0.2) is 0 Å². The lowest BCUT2D eigenvalue weighted by molar-refractivity contribution is -0.135. The van der Waals surface area contributed by atoms with Crippen molar-refractivity contribution in [2.45, 2.75) is 32.4 Å². The number of carbonyl (C=O) groups is 1. The van der Waals surface area contributed by atoms with Crippen molar-refractivity contribution in [1.82, 2.24) is 10.2 Å². The summed E-state index contributed by atoms with van der Waals surface area (Å²) >= 11 is 0. The highest BCUT2D eigenvalue weighted by atomic mass is 16.2. The Balaban J connectivity index is 2.66. The maximum Gasteiger partial charge on any atom is 0.240 e. The van der Waals surface area contributed by atoms with Gasteiger partial charge in [0, 0.05) is 25.7 Å². The van der Waals surface area contributed by atoms with Crippen LogP contribution in [0.25, 0.3) is 0 Å². The van der Waals surface area contributed by atoms with Gasteiger partial charge in [-0.15, -0.1) is 0 Å². The zero-order chi connectivity index (χ0) is 10.1. The van der Waals surface area contributed by atoms with Crippen LogP contribution in [-0.4, -0.2) is 42.0 Å². The molecule has 1 amide bonds. The Kier molecular flexibility index (Phi) is 2.93. The van der Waals surface area contributed by atoms with E-state index in [1.165, 1.54) is 0 Å². The van der Waals surface area contributed by atoms with Crippen LogP contribution in [0.2, 0.25) is 0 Å². The summed E-state index contributed by atoms with van der Waals surface area (Å²) in [6, 6.07) is 0.116. The molecule has 1 atom stereocenters. The van der Waals surface area contributed by atoms with Crippen LogP contribution in [0.5, 0.6) is 0 Å². The number of rotatable bonds is 2. The Bertz CT molecular complexity index is 201. The molecule has 1 aliphatic heterocycles. The standard InChI is InChI=1S/C9H19N3O/c1-7(10)6-12-5-4-11-8(13)9(12,2)3/h7H,4-6,10H2,1-3H3,(H,11,13). The Morgan fingerprint density at radius 1 is 1.69 bits per heavy atom. The van der Waals surface area contributed by atoms with Crippen LogP contribution in [0.1, 0.15) is 20.8 Å². The Morgan fingerprint density at radius 3 is 2.85 bits per heavy atom. The van der Waals surface area contributed by atoms with E-state index in [2.05, 4.69) is 10.2 Å². The smallest absolute Gasteiger partial charge is 0.240 e. The van der Waals surface area contributed by atoms with E-state index in [9.17, 15) is 4.79 Å². The van der Waals surface area contributed by atoms with Gasteiger partial charge in [-0.3, -0.25) is 9.69 Å². The minimum Gasteiger partial charge on any atom is -0.353 e.